The van der Waals surface area contributed by atoms with Gasteiger partial charge >= 0.3 is 0 Å². The molecule has 1 N–H and O–H groups in total. The standard InChI is InChI=1S/C17H17ClN2O3/c1-23-14-4-2-3-11(7-14)10-20(13-5-6-13)17(22)12-8-15(18)16(21)19-9-12/h2-4,7-9,13H,5-6,10H2,1H3,(H,19,21). The van der Waals surface area contributed by atoms with Crippen LogP contribution in [0.1, 0.15) is 28.8 Å². The van der Waals surface area contributed by atoms with Gasteiger partial charge in [0.2, 0.25) is 0 Å². The SMILES string of the molecule is COc1cccc(CN(C(=O)c2c[nH]c(=O)c(Cl)c2)C2CC2)c1. The fourth-order valence-electron chi connectivity index (χ4n) is 2.47. The number of H-pyrrole nitrogens is 1. The zero-order chi connectivity index (χ0) is 16.4. The second-order valence-corrected chi connectivity index (χ2v) is 5.99. The van der Waals surface area contributed by atoms with Gasteiger partial charge in [0.1, 0.15) is 10.8 Å². The molecule has 1 aliphatic carbocycles. The monoisotopic (exact) mass is 332 g/mol. The zero-order valence-corrected chi connectivity index (χ0v) is 13.5. The lowest BCUT2D eigenvalue weighted by Crippen LogP contribution is -2.33. The van der Waals surface area contributed by atoms with Crippen LogP contribution in [0, 0.1) is 0 Å². The van der Waals surface area contributed by atoms with E-state index >= 15 is 0 Å². The van der Waals surface area contributed by atoms with E-state index in [-0.39, 0.29) is 17.0 Å². The Hall–Kier alpha value is -2.27. The molecule has 0 saturated heterocycles. The Morgan fingerprint density at radius 2 is 2.17 bits per heavy atom. The summed E-state index contributed by atoms with van der Waals surface area (Å²) in [6.07, 6.45) is 3.40. The molecule has 1 saturated carbocycles. The van der Waals surface area contributed by atoms with Gasteiger partial charge < -0.3 is 14.6 Å². The minimum atomic E-state index is -0.394. The summed E-state index contributed by atoms with van der Waals surface area (Å²) in [4.78, 5) is 28.4. The number of aromatic amines is 1. The summed E-state index contributed by atoms with van der Waals surface area (Å²) in [5.41, 5.74) is 0.999. The number of hydrogen-bond acceptors (Lipinski definition) is 3. The second kappa shape index (κ2) is 6.46. The summed E-state index contributed by atoms with van der Waals surface area (Å²) in [5.74, 6) is 0.631. The highest BCUT2D eigenvalue weighted by atomic mass is 35.5. The van der Waals surface area contributed by atoms with Crippen molar-refractivity contribution in [3.8, 4) is 5.75 Å². The van der Waals surface area contributed by atoms with Crippen LogP contribution in [0.5, 0.6) is 5.75 Å². The number of aromatic nitrogens is 1. The van der Waals surface area contributed by atoms with Crippen LogP contribution in [-0.4, -0.2) is 28.9 Å². The van der Waals surface area contributed by atoms with E-state index in [0.717, 1.165) is 24.2 Å². The first-order valence-corrected chi connectivity index (χ1v) is 7.78. The van der Waals surface area contributed by atoms with Crippen molar-refractivity contribution in [2.45, 2.75) is 25.4 Å². The van der Waals surface area contributed by atoms with Crippen molar-refractivity contribution < 1.29 is 9.53 Å². The summed E-state index contributed by atoms with van der Waals surface area (Å²) in [5, 5.41) is 0.0213. The molecule has 0 spiro atoms. The number of hydrogen-bond donors (Lipinski definition) is 1. The molecule has 23 heavy (non-hydrogen) atoms. The third kappa shape index (κ3) is 3.56. The molecule has 1 aliphatic rings. The van der Waals surface area contributed by atoms with Crippen LogP contribution in [0.15, 0.2) is 41.3 Å². The maximum absolute atomic E-state index is 12.8. The number of benzene rings is 1. The summed E-state index contributed by atoms with van der Waals surface area (Å²) in [6, 6.07) is 9.31. The molecular formula is C17H17ClN2O3. The number of pyridine rings is 1. The molecule has 2 aromatic rings. The van der Waals surface area contributed by atoms with Crippen molar-refractivity contribution >= 4 is 17.5 Å². The molecule has 1 fully saturated rings. The van der Waals surface area contributed by atoms with Gasteiger partial charge in [0.05, 0.1) is 12.7 Å². The number of carbonyl (C=O) groups is 1. The summed E-state index contributed by atoms with van der Waals surface area (Å²) in [6.45, 7) is 0.497. The molecule has 1 amide bonds. The molecule has 1 heterocycles. The van der Waals surface area contributed by atoms with E-state index in [4.69, 9.17) is 16.3 Å². The fraction of sp³-hybridized carbons (Fsp3) is 0.294. The van der Waals surface area contributed by atoms with Crippen molar-refractivity contribution in [3.63, 3.8) is 0 Å². The first-order valence-electron chi connectivity index (χ1n) is 7.40. The molecule has 1 aromatic carbocycles. The highest BCUT2D eigenvalue weighted by Gasteiger charge is 2.33. The predicted molar refractivity (Wildman–Crippen MR) is 88.0 cm³/mol. The van der Waals surface area contributed by atoms with Gasteiger partial charge in [-0.3, -0.25) is 9.59 Å². The van der Waals surface area contributed by atoms with E-state index in [1.54, 1.807) is 7.11 Å². The van der Waals surface area contributed by atoms with Crippen LogP contribution in [-0.2, 0) is 6.54 Å². The van der Waals surface area contributed by atoms with Crippen molar-refractivity contribution in [2.75, 3.05) is 7.11 Å². The Labute approximate surface area is 138 Å². The van der Waals surface area contributed by atoms with Gasteiger partial charge in [0, 0.05) is 18.8 Å². The fourth-order valence-corrected chi connectivity index (χ4v) is 2.64. The molecule has 1 aromatic heterocycles. The Bertz CT molecular complexity index is 783. The van der Waals surface area contributed by atoms with E-state index in [9.17, 15) is 9.59 Å². The lowest BCUT2D eigenvalue weighted by Gasteiger charge is -2.23. The van der Waals surface area contributed by atoms with E-state index in [0.29, 0.717) is 12.1 Å². The van der Waals surface area contributed by atoms with Gasteiger partial charge in [0.15, 0.2) is 0 Å². The summed E-state index contributed by atoms with van der Waals surface area (Å²) in [7, 11) is 1.62. The predicted octanol–water partition coefficient (Wildman–Crippen LogP) is 2.84. The van der Waals surface area contributed by atoms with Gasteiger partial charge in [-0.05, 0) is 36.6 Å². The molecule has 0 unspecified atom stereocenters. The Morgan fingerprint density at radius 3 is 2.83 bits per heavy atom. The number of nitrogens with zero attached hydrogens (tertiary/aromatic N) is 1. The van der Waals surface area contributed by atoms with Crippen LogP contribution >= 0.6 is 11.6 Å². The average Bonchev–Trinajstić information content (AvgIpc) is 3.39. The van der Waals surface area contributed by atoms with Crippen molar-refractivity contribution in [1.82, 2.24) is 9.88 Å². The first kappa shape index (κ1) is 15.6. The number of ether oxygens (including phenoxy) is 1. The molecule has 0 radical (unpaired) electrons. The van der Waals surface area contributed by atoms with Crippen LogP contribution in [0.4, 0.5) is 0 Å². The largest absolute Gasteiger partial charge is 0.497 e. The van der Waals surface area contributed by atoms with E-state index in [1.165, 1.54) is 12.3 Å². The Morgan fingerprint density at radius 1 is 1.39 bits per heavy atom. The average molecular weight is 333 g/mol. The lowest BCUT2D eigenvalue weighted by atomic mass is 10.1. The smallest absolute Gasteiger partial charge is 0.266 e. The molecule has 5 nitrogen and oxygen atoms in total. The summed E-state index contributed by atoms with van der Waals surface area (Å²) < 4.78 is 5.23. The number of rotatable bonds is 5. The number of methoxy groups -OCH3 is 1. The molecule has 0 atom stereocenters. The van der Waals surface area contributed by atoms with Crippen molar-refractivity contribution in [3.05, 3.63) is 63.0 Å². The maximum Gasteiger partial charge on any atom is 0.266 e. The first-order chi connectivity index (χ1) is 11.1. The normalized spacial score (nSPS) is 13.7. The number of amides is 1. The second-order valence-electron chi connectivity index (χ2n) is 5.58. The highest BCUT2D eigenvalue weighted by molar-refractivity contribution is 6.30. The van der Waals surface area contributed by atoms with Gasteiger partial charge in [-0.15, -0.1) is 0 Å². The van der Waals surface area contributed by atoms with Crippen LogP contribution in [0.25, 0.3) is 0 Å². The number of halogens is 1. The third-order valence-electron chi connectivity index (χ3n) is 3.84. The van der Waals surface area contributed by atoms with Gasteiger partial charge in [-0.25, -0.2) is 0 Å². The van der Waals surface area contributed by atoms with Crippen LogP contribution in [0.3, 0.4) is 0 Å². The van der Waals surface area contributed by atoms with Crippen LogP contribution in [0.2, 0.25) is 5.02 Å². The van der Waals surface area contributed by atoms with E-state index < -0.39 is 5.56 Å². The molecule has 6 heteroatoms. The Balaban J connectivity index is 1.84. The zero-order valence-electron chi connectivity index (χ0n) is 12.7. The molecule has 0 aliphatic heterocycles. The highest BCUT2D eigenvalue weighted by Crippen LogP contribution is 2.30. The summed E-state index contributed by atoms with van der Waals surface area (Å²) >= 11 is 5.83. The third-order valence-corrected chi connectivity index (χ3v) is 4.12. The molecule has 120 valence electrons. The molecule has 0 bridgehead atoms. The van der Waals surface area contributed by atoms with Crippen molar-refractivity contribution in [1.29, 1.82) is 0 Å². The minimum Gasteiger partial charge on any atom is -0.497 e. The van der Waals surface area contributed by atoms with E-state index in [2.05, 4.69) is 4.98 Å². The van der Waals surface area contributed by atoms with E-state index in [1.807, 2.05) is 29.2 Å². The lowest BCUT2D eigenvalue weighted by molar-refractivity contribution is 0.0729. The maximum atomic E-state index is 12.8. The topological polar surface area (TPSA) is 62.4 Å². The number of nitrogens with one attached hydrogen (secondary N) is 1. The minimum absolute atomic E-state index is 0.0213. The molecular weight excluding hydrogens is 316 g/mol. The van der Waals surface area contributed by atoms with Crippen LogP contribution < -0.4 is 10.3 Å². The van der Waals surface area contributed by atoms with Crippen molar-refractivity contribution in [2.24, 2.45) is 0 Å². The molecule has 3 rings (SSSR count). The number of carbonyl (C=O) groups excluding carboxylic acids is 1. The van der Waals surface area contributed by atoms with Gasteiger partial charge in [-0.2, -0.15) is 0 Å². The Kier molecular flexibility index (Phi) is 4.39. The van der Waals surface area contributed by atoms with Gasteiger partial charge in [0.25, 0.3) is 11.5 Å². The quantitative estimate of drug-likeness (QED) is 0.915. The van der Waals surface area contributed by atoms with Gasteiger partial charge in [-0.1, -0.05) is 23.7 Å².